The van der Waals surface area contributed by atoms with Gasteiger partial charge in [0.05, 0.1) is 5.54 Å². The number of nitrogens with one attached hydrogen (secondary N) is 1. The molecule has 1 aliphatic rings. The number of rotatable bonds is 4. The molecule has 84 valence electrons. The van der Waals surface area contributed by atoms with Crippen LogP contribution in [0.15, 0.2) is 4.52 Å². The average Bonchev–Trinajstić information content (AvgIpc) is 2.86. The molecular formula is C10H17N3O2. The molecule has 1 N–H and O–H groups in total. The summed E-state index contributed by atoms with van der Waals surface area (Å²) in [5.74, 6) is 1.32. The lowest BCUT2D eigenvalue weighted by Crippen LogP contribution is -2.36. The Hall–Kier alpha value is -0.940. The highest BCUT2D eigenvalue weighted by atomic mass is 16.5. The smallest absolute Gasteiger partial charge is 0.247 e. The SMILES string of the molecule is CCC1(c2nc(COC)no2)CCCN1. The predicted octanol–water partition coefficient (Wildman–Crippen LogP) is 1.20. The Kier molecular flexibility index (Phi) is 3.02. The Morgan fingerprint density at radius 1 is 1.60 bits per heavy atom. The second-order valence-electron chi connectivity index (χ2n) is 3.91. The van der Waals surface area contributed by atoms with Gasteiger partial charge in [-0.1, -0.05) is 12.1 Å². The molecule has 0 saturated carbocycles. The summed E-state index contributed by atoms with van der Waals surface area (Å²) in [6.07, 6.45) is 3.20. The summed E-state index contributed by atoms with van der Waals surface area (Å²) in [5, 5.41) is 7.35. The van der Waals surface area contributed by atoms with Gasteiger partial charge < -0.3 is 14.6 Å². The number of aromatic nitrogens is 2. The van der Waals surface area contributed by atoms with E-state index in [2.05, 4.69) is 22.4 Å². The van der Waals surface area contributed by atoms with Crippen LogP contribution < -0.4 is 5.32 Å². The number of methoxy groups -OCH3 is 1. The van der Waals surface area contributed by atoms with Crippen molar-refractivity contribution < 1.29 is 9.26 Å². The molecule has 5 heteroatoms. The van der Waals surface area contributed by atoms with Crippen LogP contribution in [0.25, 0.3) is 0 Å². The molecule has 1 aromatic rings. The summed E-state index contributed by atoms with van der Waals surface area (Å²) in [5.41, 5.74) is -0.0982. The third-order valence-corrected chi connectivity index (χ3v) is 3.00. The Labute approximate surface area is 89.2 Å². The van der Waals surface area contributed by atoms with Crippen molar-refractivity contribution in [3.8, 4) is 0 Å². The summed E-state index contributed by atoms with van der Waals surface area (Å²) < 4.78 is 10.3. The zero-order valence-electron chi connectivity index (χ0n) is 9.25. The molecular weight excluding hydrogens is 194 g/mol. The summed E-state index contributed by atoms with van der Waals surface area (Å²) in [4.78, 5) is 4.36. The van der Waals surface area contributed by atoms with Crippen LogP contribution in [-0.4, -0.2) is 23.8 Å². The summed E-state index contributed by atoms with van der Waals surface area (Å²) in [6.45, 7) is 3.57. The van der Waals surface area contributed by atoms with E-state index in [1.54, 1.807) is 7.11 Å². The van der Waals surface area contributed by atoms with Crippen LogP contribution in [0, 0.1) is 0 Å². The number of ether oxygens (including phenoxy) is 1. The highest BCUT2D eigenvalue weighted by Crippen LogP contribution is 2.32. The van der Waals surface area contributed by atoms with E-state index in [1.165, 1.54) is 0 Å². The molecule has 2 heterocycles. The fraction of sp³-hybridized carbons (Fsp3) is 0.800. The summed E-state index contributed by atoms with van der Waals surface area (Å²) in [7, 11) is 1.62. The molecule has 15 heavy (non-hydrogen) atoms. The van der Waals surface area contributed by atoms with Gasteiger partial charge in [0, 0.05) is 7.11 Å². The van der Waals surface area contributed by atoms with Gasteiger partial charge in [-0.05, 0) is 25.8 Å². The molecule has 0 aliphatic carbocycles. The highest BCUT2D eigenvalue weighted by molar-refractivity contribution is 5.06. The normalized spacial score (nSPS) is 26.0. The molecule has 0 aromatic carbocycles. The maximum Gasteiger partial charge on any atom is 0.247 e. The maximum absolute atomic E-state index is 5.29. The van der Waals surface area contributed by atoms with Crippen molar-refractivity contribution in [3.05, 3.63) is 11.7 Å². The molecule has 1 fully saturated rings. The quantitative estimate of drug-likeness (QED) is 0.811. The minimum Gasteiger partial charge on any atom is -0.377 e. The van der Waals surface area contributed by atoms with Crippen LogP contribution in [0.2, 0.25) is 0 Å². The standard InChI is InChI=1S/C10H17N3O2/c1-3-10(5-4-6-11-10)9-12-8(7-14-2)13-15-9/h11H,3-7H2,1-2H3. The van der Waals surface area contributed by atoms with E-state index in [-0.39, 0.29) is 5.54 Å². The Bertz CT molecular complexity index is 318. The topological polar surface area (TPSA) is 60.2 Å². The summed E-state index contributed by atoms with van der Waals surface area (Å²) >= 11 is 0. The van der Waals surface area contributed by atoms with Crippen molar-refractivity contribution >= 4 is 0 Å². The predicted molar refractivity (Wildman–Crippen MR) is 54.2 cm³/mol. The zero-order valence-corrected chi connectivity index (χ0v) is 9.25. The molecule has 5 nitrogen and oxygen atoms in total. The van der Waals surface area contributed by atoms with E-state index < -0.39 is 0 Å². The first-order valence-corrected chi connectivity index (χ1v) is 5.38. The van der Waals surface area contributed by atoms with Crippen molar-refractivity contribution in [1.29, 1.82) is 0 Å². The lowest BCUT2D eigenvalue weighted by Gasteiger charge is -2.22. The van der Waals surface area contributed by atoms with Gasteiger partial charge in [-0.25, -0.2) is 0 Å². The maximum atomic E-state index is 5.29. The molecule has 2 rings (SSSR count). The van der Waals surface area contributed by atoms with Gasteiger partial charge in [-0.3, -0.25) is 0 Å². The van der Waals surface area contributed by atoms with E-state index in [1.807, 2.05) is 0 Å². The van der Waals surface area contributed by atoms with E-state index in [9.17, 15) is 0 Å². The van der Waals surface area contributed by atoms with Crippen molar-refractivity contribution in [2.75, 3.05) is 13.7 Å². The second kappa shape index (κ2) is 4.28. The van der Waals surface area contributed by atoms with Crippen LogP contribution in [0.3, 0.4) is 0 Å². The van der Waals surface area contributed by atoms with E-state index in [4.69, 9.17) is 9.26 Å². The molecule has 1 aromatic heterocycles. The van der Waals surface area contributed by atoms with E-state index in [0.717, 1.165) is 25.8 Å². The van der Waals surface area contributed by atoms with Crippen molar-refractivity contribution in [2.45, 2.75) is 38.3 Å². The zero-order chi connectivity index (χ0) is 10.7. The first kappa shape index (κ1) is 10.6. The first-order valence-electron chi connectivity index (χ1n) is 5.38. The lowest BCUT2D eigenvalue weighted by molar-refractivity contribution is 0.174. The Balaban J connectivity index is 2.19. The van der Waals surface area contributed by atoms with Crippen LogP contribution >= 0.6 is 0 Å². The van der Waals surface area contributed by atoms with Gasteiger partial charge in [0.1, 0.15) is 6.61 Å². The molecule has 1 unspecified atom stereocenters. The van der Waals surface area contributed by atoms with Gasteiger partial charge in [-0.15, -0.1) is 0 Å². The van der Waals surface area contributed by atoms with E-state index >= 15 is 0 Å². The van der Waals surface area contributed by atoms with E-state index in [0.29, 0.717) is 18.3 Å². The number of hydrogen-bond acceptors (Lipinski definition) is 5. The Morgan fingerprint density at radius 3 is 3.07 bits per heavy atom. The molecule has 0 radical (unpaired) electrons. The van der Waals surface area contributed by atoms with Crippen molar-refractivity contribution in [1.82, 2.24) is 15.5 Å². The number of nitrogens with zero attached hydrogens (tertiary/aromatic N) is 2. The first-order chi connectivity index (χ1) is 7.30. The van der Waals surface area contributed by atoms with Gasteiger partial charge in [0.2, 0.25) is 5.89 Å². The highest BCUT2D eigenvalue weighted by Gasteiger charge is 2.38. The van der Waals surface area contributed by atoms with Crippen LogP contribution in [0.1, 0.15) is 37.9 Å². The van der Waals surface area contributed by atoms with Crippen LogP contribution in [-0.2, 0) is 16.9 Å². The third-order valence-electron chi connectivity index (χ3n) is 3.00. The monoisotopic (exact) mass is 211 g/mol. The van der Waals surface area contributed by atoms with Crippen LogP contribution in [0.5, 0.6) is 0 Å². The minimum absolute atomic E-state index is 0.0982. The molecule has 1 atom stereocenters. The molecule has 0 amide bonds. The van der Waals surface area contributed by atoms with Crippen LogP contribution in [0.4, 0.5) is 0 Å². The van der Waals surface area contributed by atoms with Crippen molar-refractivity contribution in [2.24, 2.45) is 0 Å². The molecule has 0 spiro atoms. The summed E-state index contributed by atoms with van der Waals surface area (Å²) in [6, 6.07) is 0. The number of hydrogen-bond donors (Lipinski definition) is 1. The molecule has 1 aliphatic heterocycles. The third kappa shape index (κ3) is 1.89. The molecule has 0 bridgehead atoms. The largest absolute Gasteiger partial charge is 0.377 e. The van der Waals surface area contributed by atoms with Gasteiger partial charge in [0.15, 0.2) is 5.82 Å². The second-order valence-corrected chi connectivity index (χ2v) is 3.91. The van der Waals surface area contributed by atoms with Gasteiger partial charge in [-0.2, -0.15) is 4.98 Å². The fourth-order valence-electron chi connectivity index (χ4n) is 2.08. The van der Waals surface area contributed by atoms with Gasteiger partial charge >= 0.3 is 0 Å². The van der Waals surface area contributed by atoms with Crippen molar-refractivity contribution in [3.63, 3.8) is 0 Å². The minimum atomic E-state index is -0.0982. The Morgan fingerprint density at radius 2 is 2.47 bits per heavy atom. The lowest BCUT2D eigenvalue weighted by atomic mass is 9.94. The molecule has 1 saturated heterocycles. The average molecular weight is 211 g/mol. The van der Waals surface area contributed by atoms with Gasteiger partial charge in [0.25, 0.3) is 0 Å². The fourth-order valence-corrected chi connectivity index (χ4v) is 2.08.